The lowest BCUT2D eigenvalue weighted by molar-refractivity contribution is -0.534. The van der Waals surface area contributed by atoms with Crippen molar-refractivity contribution in [1.29, 1.82) is 0 Å². The molecule has 3 aromatic rings. The van der Waals surface area contributed by atoms with Gasteiger partial charge in [-0.15, -0.1) is 0 Å². The normalized spacial score (nSPS) is 19.2. The molecule has 37 heavy (non-hydrogen) atoms. The molecule has 2 aromatic carbocycles. The largest absolute Gasteiger partial charge is 1.00 e. The Morgan fingerprint density at radius 2 is 1.65 bits per heavy atom. The maximum absolute atomic E-state index is 13.9. The molecule has 200 valence electrons. The van der Waals surface area contributed by atoms with E-state index in [0.29, 0.717) is 17.3 Å². The number of anilines is 1. The van der Waals surface area contributed by atoms with Crippen LogP contribution in [0.25, 0.3) is 5.69 Å². The number of aromatic nitrogens is 2. The van der Waals surface area contributed by atoms with Gasteiger partial charge in [0, 0.05) is 30.2 Å². The molecular weight excluding hydrogens is 556 g/mol. The quantitative estimate of drug-likeness (QED) is 0.449. The molecule has 0 amide bonds. The van der Waals surface area contributed by atoms with E-state index in [0.717, 1.165) is 55.0 Å². The van der Waals surface area contributed by atoms with Crippen molar-refractivity contribution < 1.29 is 31.8 Å². The van der Waals surface area contributed by atoms with Crippen LogP contribution in [0.2, 0.25) is 5.02 Å². The van der Waals surface area contributed by atoms with Crippen molar-refractivity contribution in [3.05, 3.63) is 81.2 Å². The molecule has 0 saturated carbocycles. The molecule has 2 aliphatic heterocycles. The van der Waals surface area contributed by atoms with E-state index in [1.165, 1.54) is 0 Å². The van der Waals surface area contributed by atoms with Crippen LogP contribution in [0.15, 0.2) is 59.4 Å². The first-order valence-electron chi connectivity index (χ1n) is 12.6. The Labute approximate surface area is 234 Å². The number of hydrogen-bond acceptors (Lipinski definition) is 4. The topological polar surface area (TPSA) is 73.6 Å². The number of amidine groups is 1. The second-order valence-corrected chi connectivity index (χ2v) is 10.2. The zero-order valence-corrected chi connectivity index (χ0v) is 24.2. The van der Waals surface area contributed by atoms with Crippen LogP contribution in [0.3, 0.4) is 0 Å². The molecule has 9 heteroatoms. The van der Waals surface area contributed by atoms with Gasteiger partial charge in [-0.3, -0.25) is 14.1 Å². The molecule has 0 spiro atoms. The highest BCUT2D eigenvalue weighted by Gasteiger charge is 2.56. The van der Waals surface area contributed by atoms with Crippen LogP contribution in [0.5, 0.6) is 0 Å². The Bertz CT molecular complexity index is 1300. The third-order valence-electron chi connectivity index (χ3n) is 6.79. The second kappa shape index (κ2) is 12.0. The molecule has 0 radical (unpaired) electrons. The van der Waals surface area contributed by atoms with Gasteiger partial charge in [0.1, 0.15) is 0 Å². The second-order valence-electron chi connectivity index (χ2n) is 9.81. The average molecular weight is 592 g/mol. The number of aliphatic hydroxyl groups excluding tert-OH is 1. The van der Waals surface area contributed by atoms with Gasteiger partial charge in [-0.1, -0.05) is 41.9 Å². The number of hydrogen-bond donors (Lipinski definition) is 2. The molecule has 2 N–H and O–H groups in total. The summed E-state index contributed by atoms with van der Waals surface area (Å²) in [7, 11) is 1.89. The fourth-order valence-electron chi connectivity index (χ4n) is 5.09. The summed E-state index contributed by atoms with van der Waals surface area (Å²) in [5, 5.41) is 20.8. The van der Waals surface area contributed by atoms with E-state index in [4.69, 9.17) is 16.7 Å². The van der Waals surface area contributed by atoms with Crippen molar-refractivity contribution in [3.63, 3.8) is 0 Å². The van der Waals surface area contributed by atoms with E-state index < -0.39 is 5.72 Å². The summed E-state index contributed by atoms with van der Waals surface area (Å²) in [5.74, 6) is 1.02. The van der Waals surface area contributed by atoms with E-state index in [-0.39, 0.29) is 28.6 Å². The highest BCUT2D eigenvalue weighted by Crippen LogP contribution is 2.38. The summed E-state index contributed by atoms with van der Waals surface area (Å²) in [6.45, 7) is 6.68. The van der Waals surface area contributed by atoms with Gasteiger partial charge in [0.25, 0.3) is 11.6 Å². The van der Waals surface area contributed by atoms with Gasteiger partial charge in [0.15, 0.2) is 6.54 Å². The molecule has 0 saturated heterocycles. The highest BCUT2D eigenvalue weighted by atomic mass is 79.9. The van der Waals surface area contributed by atoms with E-state index in [1.54, 1.807) is 30.7 Å². The summed E-state index contributed by atoms with van der Waals surface area (Å²) >= 11 is 6.14. The average Bonchev–Trinajstić information content (AvgIpc) is 3.10. The van der Waals surface area contributed by atoms with E-state index in [9.17, 15) is 9.90 Å². The zero-order chi connectivity index (χ0) is 26.0. The summed E-state index contributed by atoms with van der Waals surface area (Å²) in [6, 6.07) is 16.9. The van der Waals surface area contributed by atoms with Gasteiger partial charge in [-0.05, 0) is 64.3 Å². The number of aliphatic hydroxyl groups is 2. The number of benzene rings is 2. The van der Waals surface area contributed by atoms with Gasteiger partial charge in [-0.25, -0.2) is 4.68 Å². The third-order valence-corrected chi connectivity index (χ3v) is 7.04. The fraction of sp³-hybridized carbons (Fsp3) is 0.429. The Hall–Kier alpha value is -2.39. The van der Waals surface area contributed by atoms with Crippen molar-refractivity contribution in [1.82, 2.24) is 9.36 Å². The molecule has 7 nitrogen and oxygen atoms in total. The third kappa shape index (κ3) is 5.72. The number of halogens is 2. The molecule has 1 unspecified atom stereocenters. The van der Waals surface area contributed by atoms with Crippen LogP contribution >= 0.6 is 11.6 Å². The van der Waals surface area contributed by atoms with E-state index >= 15 is 0 Å². The lowest BCUT2D eigenvalue weighted by Crippen LogP contribution is -3.00. The molecule has 2 aliphatic rings. The van der Waals surface area contributed by atoms with Crippen molar-refractivity contribution >= 4 is 23.1 Å². The van der Waals surface area contributed by atoms with Crippen molar-refractivity contribution in [2.75, 3.05) is 18.0 Å². The first-order valence-corrected chi connectivity index (χ1v) is 12.9. The Morgan fingerprint density at radius 1 is 1.03 bits per heavy atom. The van der Waals surface area contributed by atoms with Crippen LogP contribution in [-0.4, -0.2) is 49.2 Å². The number of rotatable bonds is 3. The van der Waals surface area contributed by atoms with Crippen molar-refractivity contribution in [2.24, 2.45) is 7.05 Å². The molecule has 5 rings (SSSR count). The van der Waals surface area contributed by atoms with Crippen LogP contribution < -0.4 is 27.4 Å². The Kier molecular flexibility index (Phi) is 9.45. The first kappa shape index (κ1) is 29.2. The minimum absolute atomic E-state index is 0. The molecule has 1 aromatic heterocycles. The van der Waals surface area contributed by atoms with Crippen molar-refractivity contribution in [3.8, 4) is 5.69 Å². The Balaban J connectivity index is 0.000000711. The van der Waals surface area contributed by atoms with Gasteiger partial charge in [0.2, 0.25) is 5.69 Å². The van der Waals surface area contributed by atoms with Gasteiger partial charge < -0.3 is 27.2 Å². The number of nitrogens with zero attached hydrogens (tertiary/aromatic N) is 4. The summed E-state index contributed by atoms with van der Waals surface area (Å²) in [6.07, 6.45) is 3.93. The molecule has 3 heterocycles. The van der Waals surface area contributed by atoms with Crippen molar-refractivity contribution in [2.45, 2.75) is 58.3 Å². The van der Waals surface area contributed by atoms with Crippen LogP contribution in [0.1, 0.15) is 50.8 Å². The van der Waals surface area contributed by atoms with Gasteiger partial charge in [0.05, 0.1) is 17.9 Å². The number of para-hydroxylation sites is 1. The standard InChI is InChI=1S/C25H28ClN4O2.C3H8O.BrH/c1-18-23(24(31)30(27(18)2)21-9-5-3-6-10-21)29-22-11-7-4-8-16-28(22)17-25(29,32)19-12-14-20(26)15-13-19;1-3(2)4;/h3,5-6,9-10,12-15,32H,4,7-8,11,16-17H2,1-2H3;3-4H,1-2H3;1H/q+1;;/p-1. The minimum atomic E-state index is -1.35. The summed E-state index contributed by atoms with van der Waals surface area (Å²) < 4.78 is 5.79. The molecule has 1 atom stereocenters. The monoisotopic (exact) mass is 590 g/mol. The highest BCUT2D eigenvalue weighted by molar-refractivity contribution is 6.30. The van der Waals surface area contributed by atoms with Crippen LogP contribution in [0, 0.1) is 6.92 Å². The summed E-state index contributed by atoms with van der Waals surface area (Å²) in [4.78, 5) is 15.8. The zero-order valence-electron chi connectivity index (χ0n) is 21.9. The molecule has 0 aliphatic carbocycles. The summed E-state index contributed by atoms with van der Waals surface area (Å²) in [5.41, 5.74) is 1.37. The maximum Gasteiger partial charge on any atom is 0.318 e. The predicted octanol–water partition coefficient (Wildman–Crippen LogP) is 1.18. The molecule has 0 bridgehead atoms. The molecule has 0 fully saturated rings. The van der Waals surface area contributed by atoms with E-state index in [2.05, 4.69) is 4.58 Å². The van der Waals surface area contributed by atoms with Crippen LogP contribution in [0.4, 0.5) is 5.69 Å². The van der Waals surface area contributed by atoms with Gasteiger partial charge >= 0.3 is 5.56 Å². The predicted molar refractivity (Wildman–Crippen MR) is 144 cm³/mol. The first-order chi connectivity index (χ1) is 17.1. The lowest BCUT2D eigenvalue weighted by Gasteiger charge is -2.28. The fourth-order valence-corrected chi connectivity index (χ4v) is 5.21. The van der Waals surface area contributed by atoms with Crippen LogP contribution in [-0.2, 0) is 12.8 Å². The smallest absolute Gasteiger partial charge is 0.318 e. The SMILES string of the molecule is CC(C)O.Cc1c(N2C3=[N+](CCCCC3)CC2(O)c2ccc(Cl)cc2)c(=O)n(-c2ccccc2)n1C.[Br-]. The van der Waals surface area contributed by atoms with E-state index in [1.807, 2.05) is 66.0 Å². The maximum atomic E-state index is 13.9. The van der Waals surface area contributed by atoms with Gasteiger partial charge in [-0.2, -0.15) is 4.90 Å². The molecular formula is C28H36BrClN4O3. The Morgan fingerprint density at radius 3 is 2.27 bits per heavy atom. The minimum Gasteiger partial charge on any atom is -1.00 e. The lowest BCUT2D eigenvalue weighted by atomic mass is 10.00.